The zero-order valence-corrected chi connectivity index (χ0v) is 10.2. The molecule has 0 N–H and O–H groups in total. The average molecular weight is 214 g/mol. The van der Waals surface area contributed by atoms with E-state index >= 15 is 0 Å². The van der Waals surface area contributed by atoms with Crippen molar-refractivity contribution in [1.29, 1.82) is 5.26 Å². The minimum absolute atomic E-state index is 0.392. The molecule has 0 saturated carbocycles. The Morgan fingerprint density at radius 1 is 1.31 bits per heavy atom. The molecule has 1 heterocycles. The van der Waals surface area contributed by atoms with Crippen LogP contribution in [0.5, 0.6) is 0 Å². The van der Waals surface area contributed by atoms with Gasteiger partial charge in [-0.25, -0.2) is 0 Å². The van der Waals surface area contributed by atoms with Gasteiger partial charge in [0.2, 0.25) is 0 Å². The summed E-state index contributed by atoms with van der Waals surface area (Å²) in [6, 6.07) is 10.0. The van der Waals surface area contributed by atoms with Gasteiger partial charge in [-0.2, -0.15) is 5.26 Å². The fourth-order valence-electron chi connectivity index (χ4n) is 2.01. The van der Waals surface area contributed by atoms with Gasteiger partial charge in [-0.05, 0) is 29.5 Å². The molecule has 0 aliphatic carbocycles. The summed E-state index contributed by atoms with van der Waals surface area (Å²) >= 11 is 0. The van der Waals surface area contributed by atoms with E-state index in [4.69, 9.17) is 5.26 Å². The third kappa shape index (κ3) is 2.04. The van der Waals surface area contributed by atoms with E-state index in [1.807, 2.05) is 18.2 Å². The number of benzene rings is 1. The summed E-state index contributed by atoms with van der Waals surface area (Å²) in [4.78, 5) is 2.34. The third-order valence-corrected chi connectivity index (χ3v) is 3.45. The first kappa shape index (κ1) is 11.0. The van der Waals surface area contributed by atoms with Gasteiger partial charge in [0.25, 0.3) is 0 Å². The second-order valence-corrected chi connectivity index (χ2v) is 5.63. The molecule has 1 aliphatic rings. The van der Waals surface area contributed by atoms with Crippen molar-refractivity contribution in [1.82, 2.24) is 0 Å². The fourth-order valence-corrected chi connectivity index (χ4v) is 2.01. The summed E-state index contributed by atoms with van der Waals surface area (Å²) in [5.74, 6) is 0.762. The second kappa shape index (κ2) is 3.83. The van der Waals surface area contributed by atoms with Gasteiger partial charge in [-0.3, -0.25) is 0 Å². The van der Waals surface area contributed by atoms with Gasteiger partial charge in [-0.15, -0.1) is 0 Å². The summed E-state index contributed by atoms with van der Waals surface area (Å²) in [5.41, 5.74) is 2.32. The maximum atomic E-state index is 8.85. The minimum Gasteiger partial charge on any atom is -0.371 e. The van der Waals surface area contributed by atoms with Crippen molar-refractivity contribution in [3.63, 3.8) is 0 Å². The van der Waals surface area contributed by atoms with Crippen LogP contribution in [0.1, 0.15) is 26.3 Å². The van der Waals surface area contributed by atoms with Crippen molar-refractivity contribution >= 4 is 5.69 Å². The molecule has 1 fully saturated rings. The second-order valence-electron chi connectivity index (χ2n) is 5.63. The Kier molecular flexibility index (Phi) is 2.63. The highest BCUT2D eigenvalue weighted by Gasteiger charge is 2.35. The van der Waals surface area contributed by atoms with E-state index in [2.05, 4.69) is 37.8 Å². The molecule has 0 unspecified atom stereocenters. The molecule has 1 aliphatic heterocycles. The minimum atomic E-state index is 0.392. The summed E-state index contributed by atoms with van der Waals surface area (Å²) in [6.07, 6.45) is 0. The lowest BCUT2D eigenvalue weighted by Gasteiger charge is -2.47. The molecule has 2 nitrogen and oxygen atoms in total. The van der Waals surface area contributed by atoms with E-state index in [1.165, 1.54) is 5.69 Å². The quantitative estimate of drug-likeness (QED) is 0.718. The first-order chi connectivity index (χ1) is 7.50. The first-order valence-corrected chi connectivity index (χ1v) is 5.76. The van der Waals surface area contributed by atoms with Crippen LogP contribution in [-0.2, 0) is 0 Å². The third-order valence-electron chi connectivity index (χ3n) is 3.45. The first-order valence-electron chi connectivity index (χ1n) is 5.76. The van der Waals surface area contributed by atoms with E-state index in [0.29, 0.717) is 5.41 Å². The Morgan fingerprint density at radius 3 is 2.56 bits per heavy atom. The van der Waals surface area contributed by atoms with E-state index in [0.717, 1.165) is 24.6 Å². The highest BCUT2D eigenvalue weighted by atomic mass is 15.2. The van der Waals surface area contributed by atoms with Gasteiger partial charge < -0.3 is 4.90 Å². The molecule has 0 spiro atoms. The lowest BCUT2D eigenvalue weighted by Crippen LogP contribution is -2.52. The zero-order chi connectivity index (χ0) is 11.8. The number of nitrogens with zero attached hydrogens (tertiary/aromatic N) is 2. The Labute approximate surface area is 97.5 Å². The van der Waals surface area contributed by atoms with Crippen LogP contribution < -0.4 is 4.90 Å². The van der Waals surface area contributed by atoms with Crippen molar-refractivity contribution in [3.8, 4) is 6.07 Å². The predicted molar refractivity (Wildman–Crippen MR) is 66.3 cm³/mol. The Morgan fingerprint density at radius 2 is 2.00 bits per heavy atom. The largest absolute Gasteiger partial charge is 0.371 e. The van der Waals surface area contributed by atoms with Crippen molar-refractivity contribution in [2.45, 2.75) is 20.8 Å². The molecule has 0 radical (unpaired) electrons. The average Bonchev–Trinajstić information content (AvgIpc) is 2.13. The number of hydrogen-bond donors (Lipinski definition) is 0. The van der Waals surface area contributed by atoms with Gasteiger partial charge >= 0.3 is 0 Å². The number of nitriles is 1. The molecule has 1 aromatic carbocycles. The van der Waals surface area contributed by atoms with Gasteiger partial charge in [0.1, 0.15) is 0 Å². The standard InChI is InChI=1S/C14H18N2/c1-14(2,3)12-9-16(10-12)13-6-4-5-11(7-13)8-15/h4-7,12H,9-10H2,1-3H3. The molecule has 1 saturated heterocycles. The van der Waals surface area contributed by atoms with Crippen LogP contribution in [-0.4, -0.2) is 13.1 Å². The summed E-state index contributed by atoms with van der Waals surface area (Å²) < 4.78 is 0. The maximum absolute atomic E-state index is 8.85. The van der Waals surface area contributed by atoms with Crippen LogP contribution >= 0.6 is 0 Å². The Balaban J connectivity index is 2.05. The maximum Gasteiger partial charge on any atom is 0.0992 e. The number of hydrogen-bond acceptors (Lipinski definition) is 2. The van der Waals surface area contributed by atoms with Crippen LogP contribution in [0.15, 0.2) is 24.3 Å². The van der Waals surface area contributed by atoms with Crippen LogP contribution in [0.25, 0.3) is 0 Å². The van der Waals surface area contributed by atoms with Gasteiger partial charge in [0.05, 0.1) is 11.6 Å². The zero-order valence-electron chi connectivity index (χ0n) is 10.2. The number of rotatable bonds is 1. The summed E-state index contributed by atoms with van der Waals surface area (Å²) in [6.45, 7) is 9.10. The lowest BCUT2D eigenvalue weighted by molar-refractivity contribution is 0.195. The molecule has 0 atom stereocenters. The topological polar surface area (TPSA) is 27.0 Å². The fraction of sp³-hybridized carbons (Fsp3) is 0.500. The van der Waals surface area contributed by atoms with Crippen LogP contribution in [0.2, 0.25) is 0 Å². The van der Waals surface area contributed by atoms with Crippen molar-refractivity contribution in [2.75, 3.05) is 18.0 Å². The highest BCUT2D eigenvalue weighted by Crippen LogP contribution is 2.36. The van der Waals surface area contributed by atoms with Gasteiger partial charge in [0, 0.05) is 18.8 Å². The number of anilines is 1. The molecular weight excluding hydrogens is 196 g/mol. The normalized spacial score (nSPS) is 16.8. The monoisotopic (exact) mass is 214 g/mol. The van der Waals surface area contributed by atoms with Crippen molar-refractivity contribution in [3.05, 3.63) is 29.8 Å². The Hall–Kier alpha value is -1.49. The van der Waals surface area contributed by atoms with E-state index in [-0.39, 0.29) is 0 Å². The molecule has 0 bridgehead atoms. The van der Waals surface area contributed by atoms with Crippen molar-refractivity contribution < 1.29 is 0 Å². The van der Waals surface area contributed by atoms with Crippen LogP contribution in [0, 0.1) is 22.7 Å². The lowest BCUT2D eigenvalue weighted by atomic mass is 9.76. The summed E-state index contributed by atoms with van der Waals surface area (Å²) in [5, 5.41) is 8.85. The molecular formula is C14H18N2. The van der Waals surface area contributed by atoms with Crippen LogP contribution in [0.4, 0.5) is 5.69 Å². The SMILES string of the molecule is CC(C)(C)C1CN(c2cccc(C#N)c2)C1. The molecule has 0 amide bonds. The molecule has 2 rings (SSSR count). The Bertz CT molecular complexity index is 417. The molecule has 1 aromatic rings. The van der Waals surface area contributed by atoms with Gasteiger partial charge in [0.15, 0.2) is 0 Å². The molecule has 2 heteroatoms. The van der Waals surface area contributed by atoms with E-state index in [1.54, 1.807) is 0 Å². The van der Waals surface area contributed by atoms with Crippen molar-refractivity contribution in [2.24, 2.45) is 11.3 Å². The molecule has 84 valence electrons. The molecule has 16 heavy (non-hydrogen) atoms. The van der Waals surface area contributed by atoms with E-state index < -0.39 is 0 Å². The summed E-state index contributed by atoms with van der Waals surface area (Å²) in [7, 11) is 0. The highest BCUT2D eigenvalue weighted by molar-refractivity contribution is 5.53. The smallest absolute Gasteiger partial charge is 0.0992 e. The van der Waals surface area contributed by atoms with E-state index in [9.17, 15) is 0 Å². The predicted octanol–water partition coefficient (Wildman–Crippen LogP) is 3.04. The van der Waals surface area contributed by atoms with Gasteiger partial charge in [-0.1, -0.05) is 26.8 Å². The van der Waals surface area contributed by atoms with Crippen LogP contribution in [0.3, 0.4) is 0 Å². The molecule has 0 aromatic heterocycles.